The number of hydrogen-bond acceptors (Lipinski definition) is 2. The Morgan fingerprint density at radius 2 is 2.06 bits per heavy atom. The summed E-state index contributed by atoms with van der Waals surface area (Å²) in [5.41, 5.74) is 6.95. The number of benzene rings is 1. The maximum Gasteiger partial charge on any atom is 0.222 e. The molecule has 0 saturated heterocycles. The molecule has 2 rings (SSSR count). The van der Waals surface area contributed by atoms with E-state index in [4.69, 9.17) is 5.73 Å². The van der Waals surface area contributed by atoms with Crippen LogP contribution in [0.3, 0.4) is 0 Å². The van der Waals surface area contributed by atoms with Gasteiger partial charge in [0.2, 0.25) is 5.91 Å². The molecule has 1 aromatic rings. The van der Waals surface area contributed by atoms with Gasteiger partial charge < -0.3 is 11.1 Å². The molecule has 3 heteroatoms. The fourth-order valence-corrected chi connectivity index (χ4v) is 2.24. The Labute approximate surface area is 102 Å². The molecular formula is C14H20N2O. The highest BCUT2D eigenvalue weighted by molar-refractivity contribution is 5.77. The van der Waals surface area contributed by atoms with Crippen molar-refractivity contribution in [2.75, 3.05) is 0 Å². The highest BCUT2D eigenvalue weighted by atomic mass is 16.1. The number of rotatable bonds is 4. The molecule has 0 heterocycles. The molecule has 1 amide bonds. The van der Waals surface area contributed by atoms with E-state index in [2.05, 4.69) is 5.32 Å². The van der Waals surface area contributed by atoms with Gasteiger partial charge in [-0.2, -0.15) is 0 Å². The molecule has 92 valence electrons. The molecule has 3 N–H and O–H groups in total. The minimum atomic E-state index is -0.236. The van der Waals surface area contributed by atoms with Crippen LogP contribution in [0.25, 0.3) is 0 Å². The first-order valence-electron chi connectivity index (χ1n) is 6.22. The molecule has 1 aromatic carbocycles. The summed E-state index contributed by atoms with van der Waals surface area (Å²) in [5, 5.41) is 3.00. The van der Waals surface area contributed by atoms with Gasteiger partial charge in [0.15, 0.2) is 0 Å². The first-order valence-corrected chi connectivity index (χ1v) is 6.22. The van der Waals surface area contributed by atoms with E-state index in [1.54, 1.807) is 0 Å². The van der Waals surface area contributed by atoms with E-state index >= 15 is 0 Å². The Hall–Kier alpha value is -1.35. The van der Waals surface area contributed by atoms with Gasteiger partial charge in [0.25, 0.3) is 0 Å². The quantitative estimate of drug-likeness (QED) is 0.835. The average molecular weight is 232 g/mol. The third-order valence-corrected chi connectivity index (χ3v) is 3.54. The van der Waals surface area contributed by atoms with E-state index in [1.165, 1.54) is 0 Å². The van der Waals surface area contributed by atoms with Crippen molar-refractivity contribution in [1.82, 2.24) is 5.32 Å². The zero-order chi connectivity index (χ0) is 12.3. The maximum absolute atomic E-state index is 11.8. The van der Waals surface area contributed by atoms with Gasteiger partial charge >= 0.3 is 0 Å². The Morgan fingerprint density at radius 3 is 2.59 bits per heavy atom. The SMILES string of the molecule is C[C@@H](NC(=O)CC1(N)CCC1)c1ccccc1. The lowest BCUT2D eigenvalue weighted by atomic mass is 9.75. The molecule has 1 aliphatic carbocycles. The zero-order valence-electron chi connectivity index (χ0n) is 10.3. The highest BCUT2D eigenvalue weighted by Gasteiger charge is 2.34. The van der Waals surface area contributed by atoms with E-state index in [9.17, 15) is 4.79 Å². The summed E-state index contributed by atoms with van der Waals surface area (Å²) in [6, 6.07) is 10.0. The van der Waals surface area contributed by atoms with Gasteiger partial charge in [-0.1, -0.05) is 30.3 Å². The number of carbonyl (C=O) groups excluding carboxylic acids is 1. The third kappa shape index (κ3) is 3.07. The summed E-state index contributed by atoms with van der Waals surface area (Å²) >= 11 is 0. The molecule has 0 bridgehead atoms. The van der Waals surface area contributed by atoms with Crippen LogP contribution in [0.5, 0.6) is 0 Å². The Bertz CT molecular complexity index is 384. The van der Waals surface area contributed by atoms with Crippen LogP contribution in [0.4, 0.5) is 0 Å². The number of nitrogens with one attached hydrogen (secondary N) is 1. The molecule has 17 heavy (non-hydrogen) atoms. The monoisotopic (exact) mass is 232 g/mol. The molecule has 1 aliphatic rings. The lowest BCUT2D eigenvalue weighted by molar-refractivity contribution is -0.123. The van der Waals surface area contributed by atoms with E-state index in [-0.39, 0.29) is 17.5 Å². The van der Waals surface area contributed by atoms with E-state index in [0.717, 1.165) is 24.8 Å². The standard InChI is InChI=1S/C14H20N2O/c1-11(12-6-3-2-4-7-12)16-13(17)10-14(15)8-5-9-14/h2-4,6-7,11H,5,8-10,15H2,1H3,(H,16,17)/t11-/m1/s1. The topological polar surface area (TPSA) is 55.1 Å². The predicted molar refractivity (Wildman–Crippen MR) is 68.4 cm³/mol. The summed E-state index contributed by atoms with van der Waals surface area (Å²) in [4.78, 5) is 11.8. The van der Waals surface area contributed by atoms with Gasteiger partial charge in [0.05, 0.1) is 6.04 Å². The van der Waals surface area contributed by atoms with Crippen molar-refractivity contribution in [2.24, 2.45) is 5.73 Å². The second-order valence-electron chi connectivity index (χ2n) is 5.09. The molecule has 0 radical (unpaired) electrons. The smallest absolute Gasteiger partial charge is 0.222 e. The van der Waals surface area contributed by atoms with Crippen molar-refractivity contribution in [3.8, 4) is 0 Å². The highest BCUT2D eigenvalue weighted by Crippen LogP contribution is 2.32. The number of nitrogens with two attached hydrogens (primary N) is 1. The molecular weight excluding hydrogens is 212 g/mol. The second-order valence-corrected chi connectivity index (χ2v) is 5.09. The molecule has 1 fully saturated rings. The van der Waals surface area contributed by atoms with E-state index in [0.29, 0.717) is 6.42 Å². The lowest BCUT2D eigenvalue weighted by Crippen LogP contribution is -2.50. The molecule has 0 unspecified atom stereocenters. The van der Waals surface area contributed by atoms with Crippen LogP contribution in [0.2, 0.25) is 0 Å². The van der Waals surface area contributed by atoms with Crippen molar-refractivity contribution in [1.29, 1.82) is 0 Å². The van der Waals surface area contributed by atoms with Crippen LogP contribution in [-0.4, -0.2) is 11.4 Å². The van der Waals surface area contributed by atoms with Crippen LogP contribution < -0.4 is 11.1 Å². The predicted octanol–water partition coefficient (Wildman–Crippen LogP) is 2.14. The zero-order valence-corrected chi connectivity index (χ0v) is 10.3. The number of carbonyl (C=O) groups is 1. The van der Waals surface area contributed by atoms with Crippen LogP contribution in [-0.2, 0) is 4.79 Å². The summed E-state index contributed by atoms with van der Waals surface area (Å²) in [5.74, 6) is 0.0588. The minimum Gasteiger partial charge on any atom is -0.350 e. The molecule has 0 spiro atoms. The Morgan fingerprint density at radius 1 is 1.41 bits per heavy atom. The van der Waals surface area contributed by atoms with Crippen molar-refractivity contribution >= 4 is 5.91 Å². The van der Waals surface area contributed by atoms with Crippen LogP contribution in [0, 0.1) is 0 Å². The summed E-state index contributed by atoms with van der Waals surface area (Å²) in [6.07, 6.45) is 3.54. The summed E-state index contributed by atoms with van der Waals surface area (Å²) in [7, 11) is 0. The normalized spacial score (nSPS) is 19.2. The van der Waals surface area contributed by atoms with Gasteiger partial charge in [-0.15, -0.1) is 0 Å². The molecule has 1 atom stereocenters. The van der Waals surface area contributed by atoms with Gasteiger partial charge in [-0.3, -0.25) is 4.79 Å². The van der Waals surface area contributed by atoms with Crippen LogP contribution in [0.1, 0.15) is 44.2 Å². The first kappa shape index (κ1) is 12.1. The number of amides is 1. The molecule has 0 aromatic heterocycles. The summed E-state index contributed by atoms with van der Waals surface area (Å²) < 4.78 is 0. The van der Waals surface area contributed by atoms with Crippen LogP contribution >= 0.6 is 0 Å². The average Bonchev–Trinajstić information content (AvgIpc) is 2.28. The maximum atomic E-state index is 11.8. The first-order chi connectivity index (χ1) is 8.09. The van der Waals surface area contributed by atoms with Crippen molar-refractivity contribution < 1.29 is 4.79 Å². The third-order valence-electron chi connectivity index (χ3n) is 3.54. The Kier molecular flexibility index (Phi) is 3.48. The van der Waals surface area contributed by atoms with Crippen molar-refractivity contribution in [3.05, 3.63) is 35.9 Å². The van der Waals surface area contributed by atoms with Gasteiger partial charge in [0.1, 0.15) is 0 Å². The fourth-order valence-electron chi connectivity index (χ4n) is 2.24. The van der Waals surface area contributed by atoms with Gasteiger partial charge in [-0.25, -0.2) is 0 Å². The van der Waals surface area contributed by atoms with Crippen molar-refractivity contribution in [3.63, 3.8) is 0 Å². The number of hydrogen-bond donors (Lipinski definition) is 2. The van der Waals surface area contributed by atoms with Gasteiger partial charge in [0, 0.05) is 12.0 Å². The van der Waals surface area contributed by atoms with Crippen molar-refractivity contribution in [2.45, 2.75) is 44.2 Å². The van der Waals surface area contributed by atoms with Gasteiger partial charge in [-0.05, 0) is 31.7 Å². The Balaban J connectivity index is 1.86. The molecule has 1 saturated carbocycles. The lowest BCUT2D eigenvalue weighted by Gasteiger charge is -2.37. The van der Waals surface area contributed by atoms with Crippen LogP contribution in [0.15, 0.2) is 30.3 Å². The second kappa shape index (κ2) is 4.88. The van der Waals surface area contributed by atoms with E-state index < -0.39 is 0 Å². The minimum absolute atomic E-state index is 0.0485. The summed E-state index contributed by atoms with van der Waals surface area (Å²) in [6.45, 7) is 2.00. The largest absolute Gasteiger partial charge is 0.350 e. The molecule has 0 aliphatic heterocycles. The molecule has 3 nitrogen and oxygen atoms in total. The fraction of sp³-hybridized carbons (Fsp3) is 0.500. The van der Waals surface area contributed by atoms with E-state index in [1.807, 2.05) is 37.3 Å².